The minimum Gasteiger partial charge on any atom is -0.355 e. The molecule has 0 saturated carbocycles. The Hall–Kier alpha value is -2.69. The molecule has 0 aliphatic heterocycles. The van der Waals surface area contributed by atoms with Crippen LogP contribution in [0.2, 0.25) is 0 Å². The van der Waals surface area contributed by atoms with Crippen LogP contribution in [0.3, 0.4) is 0 Å². The minimum absolute atomic E-state index is 0. The van der Waals surface area contributed by atoms with Crippen LogP contribution < -0.4 is 16.0 Å². The summed E-state index contributed by atoms with van der Waals surface area (Å²) in [6.07, 6.45) is 1.92. The molecule has 0 aliphatic carbocycles. The molecule has 0 spiro atoms. The Kier molecular flexibility index (Phi) is 8.18. The van der Waals surface area contributed by atoms with E-state index >= 15 is 0 Å². The molecule has 148 valence electrons. The van der Waals surface area contributed by atoms with Crippen LogP contribution in [0.4, 0.5) is 0 Å². The lowest BCUT2D eigenvalue weighted by atomic mass is 10.1. The standard InChI is InChI=1S/C19H23N7O.HI/c1-14-6-5-7-15(12-14)18(27)21-9-10-22-19(20-2)23-13-17-25-24-16-8-3-4-11-26(16)17;/h3-8,11-12H,9-10,13H2,1-2H3,(H,21,27)(H2,20,22,23);1H. The number of amides is 1. The van der Waals surface area contributed by atoms with Crippen molar-refractivity contribution in [2.75, 3.05) is 20.1 Å². The zero-order valence-corrected chi connectivity index (χ0v) is 18.2. The van der Waals surface area contributed by atoms with Crippen LogP contribution in [0.1, 0.15) is 21.7 Å². The summed E-state index contributed by atoms with van der Waals surface area (Å²) < 4.78 is 1.92. The van der Waals surface area contributed by atoms with Crippen LogP contribution in [-0.2, 0) is 6.54 Å². The number of hydrogen-bond acceptors (Lipinski definition) is 4. The van der Waals surface area contributed by atoms with Crippen LogP contribution in [0.5, 0.6) is 0 Å². The number of carbonyl (C=O) groups is 1. The van der Waals surface area contributed by atoms with Crippen molar-refractivity contribution in [2.24, 2.45) is 4.99 Å². The number of guanidine groups is 1. The molecule has 2 heterocycles. The molecule has 9 heteroatoms. The molecule has 0 radical (unpaired) electrons. The van der Waals surface area contributed by atoms with Crippen molar-refractivity contribution >= 4 is 41.5 Å². The molecule has 8 nitrogen and oxygen atoms in total. The van der Waals surface area contributed by atoms with Gasteiger partial charge in [0, 0.05) is 31.9 Å². The molecule has 1 aromatic carbocycles. The molecule has 2 aromatic heterocycles. The predicted octanol–water partition coefficient (Wildman–Crippen LogP) is 1.75. The largest absolute Gasteiger partial charge is 0.355 e. The van der Waals surface area contributed by atoms with Crippen LogP contribution in [0, 0.1) is 6.92 Å². The Labute approximate surface area is 180 Å². The van der Waals surface area contributed by atoms with Gasteiger partial charge in [-0.2, -0.15) is 0 Å². The molecular weight excluding hydrogens is 469 g/mol. The van der Waals surface area contributed by atoms with E-state index in [4.69, 9.17) is 0 Å². The van der Waals surface area contributed by atoms with Gasteiger partial charge in [0.2, 0.25) is 0 Å². The number of halogens is 1. The third-order valence-electron chi connectivity index (χ3n) is 4.01. The summed E-state index contributed by atoms with van der Waals surface area (Å²) in [4.78, 5) is 16.3. The normalized spacial score (nSPS) is 11.0. The van der Waals surface area contributed by atoms with Gasteiger partial charge in [0.1, 0.15) is 0 Å². The van der Waals surface area contributed by atoms with Gasteiger partial charge < -0.3 is 16.0 Å². The number of nitrogens with zero attached hydrogens (tertiary/aromatic N) is 4. The first kappa shape index (κ1) is 21.6. The topological polar surface area (TPSA) is 95.7 Å². The lowest BCUT2D eigenvalue weighted by Gasteiger charge is -2.12. The summed E-state index contributed by atoms with van der Waals surface area (Å²) in [6, 6.07) is 13.3. The van der Waals surface area contributed by atoms with Gasteiger partial charge in [-0.15, -0.1) is 34.2 Å². The van der Waals surface area contributed by atoms with Crippen molar-refractivity contribution in [3.8, 4) is 0 Å². The highest BCUT2D eigenvalue weighted by Crippen LogP contribution is 2.03. The van der Waals surface area contributed by atoms with E-state index < -0.39 is 0 Å². The Morgan fingerprint density at radius 1 is 1.07 bits per heavy atom. The first-order chi connectivity index (χ1) is 13.2. The van der Waals surface area contributed by atoms with Gasteiger partial charge in [0.05, 0.1) is 6.54 Å². The maximum absolute atomic E-state index is 12.1. The van der Waals surface area contributed by atoms with Crippen molar-refractivity contribution in [3.63, 3.8) is 0 Å². The Morgan fingerprint density at radius 3 is 2.68 bits per heavy atom. The van der Waals surface area contributed by atoms with Crippen LogP contribution in [0.15, 0.2) is 53.7 Å². The first-order valence-corrected chi connectivity index (χ1v) is 8.75. The molecule has 0 unspecified atom stereocenters. The number of nitrogens with one attached hydrogen (secondary N) is 3. The highest BCUT2D eigenvalue weighted by molar-refractivity contribution is 14.0. The van der Waals surface area contributed by atoms with Crippen LogP contribution in [-0.4, -0.2) is 46.6 Å². The van der Waals surface area contributed by atoms with E-state index in [1.807, 2.05) is 53.9 Å². The smallest absolute Gasteiger partial charge is 0.251 e. The van der Waals surface area contributed by atoms with Crippen molar-refractivity contribution in [1.82, 2.24) is 30.5 Å². The number of carbonyl (C=O) groups excluding carboxylic acids is 1. The summed E-state index contributed by atoms with van der Waals surface area (Å²) in [5.41, 5.74) is 2.53. The average Bonchev–Trinajstić information content (AvgIpc) is 3.10. The van der Waals surface area contributed by atoms with Crippen molar-refractivity contribution in [1.29, 1.82) is 0 Å². The van der Waals surface area contributed by atoms with E-state index in [0.717, 1.165) is 17.0 Å². The summed E-state index contributed by atoms with van der Waals surface area (Å²) in [6.45, 7) is 3.49. The fraction of sp³-hybridized carbons (Fsp3) is 0.263. The Bertz CT molecular complexity index is 954. The predicted molar refractivity (Wildman–Crippen MR) is 120 cm³/mol. The van der Waals surface area contributed by atoms with Crippen LogP contribution in [0.25, 0.3) is 5.65 Å². The van der Waals surface area contributed by atoms with E-state index in [-0.39, 0.29) is 29.9 Å². The summed E-state index contributed by atoms with van der Waals surface area (Å²) in [7, 11) is 1.70. The number of aromatic nitrogens is 3. The molecule has 0 saturated heterocycles. The highest BCUT2D eigenvalue weighted by atomic mass is 127. The minimum atomic E-state index is -0.0848. The number of benzene rings is 1. The van der Waals surface area contributed by atoms with E-state index in [1.165, 1.54) is 0 Å². The lowest BCUT2D eigenvalue weighted by molar-refractivity contribution is 0.0954. The molecule has 3 aromatic rings. The van der Waals surface area contributed by atoms with Gasteiger partial charge in [-0.3, -0.25) is 14.2 Å². The molecule has 28 heavy (non-hydrogen) atoms. The maximum Gasteiger partial charge on any atom is 0.251 e. The molecule has 0 bridgehead atoms. The summed E-state index contributed by atoms with van der Waals surface area (Å²) >= 11 is 0. The monoisotopic (exact) mass is 493 g/mol. The number of hydrogen-bond donors (Lipinski definition) is 3. The molecule has 1 amide bonds. The molecule has 0 atom stereocenters. The van der Waals surface area contributed by atoms with E-state index in [0.29, 0.717) is 31.2 Å². The fourth-order valence-corrected chi connectivity index (χ4v) is 2.64. The second-order valence-corrected chi connectivity index (χ2v) is 6.02. The highest BCUT2D eigenvalue weighted by Gasteiger charge is 2.07. The summed E-state index contributed by atoms with van der Waals surface area (Å²) in [5, 5.41) is 17.5. The molecule has 0 fully saturated rings. The third-order valence-corrected chi connectivity index (χ3v) is 4.01. The Balaban J connectivity index is 0.00000280. The van der Waals surface area contributed by atoms with Gasteiger partial charge in [-0.25, -0.2) is 0 Å². The molecule has 3 rings (SSSR count). The van der Waals surface area contributed by atoms with E-state index in [2.05, 4.69) is 31.1 Å². The second kappa shape index (κ2) is 10.6. The zero-order valence-electron chi connectivity index (χ0n) is 15.8. The van der Waals surface area contributed by atoms with Crippen molar-refractivity contribution in [2.45, 2.75) is 13.5 Å². The van der Waals surface area contributed by atoms with Crippen molar-refractivity contribution < 1.29 is 4.79 Å². The number of aliphatic imine (C=N–C) groups is 1. The third kappa shape index (κ3) is 5.65. The van der Waals surface area contributed by atoms with Gasteiger partial charge in [-0.05, 0) is 31.2 Å². The number of fused-ring (bicyclic) bond motifs is 1. The van der Waals surface area contributed by atoms with E-state index in [1.54, 1.807) is 13.1 Å². The van der Waals surface area contributed by atoms with Crippen LogP contribution >= 0.6 is 24.0 Å². The zero-order chi connectivity index (χ0) is 19.1. The molecular formula is C19H24IN7O. The lowest BCUT2D eigenvalue weighted by Crippen LogP contribution is -2.41. The quantitative estimate of drug-likeness (QED) is 0.211. The number of pyridine rings is 1. The van der Waals surface area contributed by atoms with Gasteiger partial charge >= 0.3 is 0 Å². The number of rotatable bonds is 6. The van der Waals surface area contributed by atoms with Gasteiger partial charge in [-0.1, -0.05) is 23.8 Å². The first-order valence-electron chi connectivity index (χ1n) is 8.75. The van der Waals surface area contributed by atoms with E-state index in [9.17, 15) is 4.79 Å². The van der Waals surface area contributed by atoms with Gasteiger partial charge in [0.25, 0.3) is 5.91 Å². The molecule has 0 aliphatic rings. The molecule has 3 N–H and O–H groups in total. The summed E-state index contributed by atoms with van der Waals surface area (Å²) in [5.74, 6) is 1.34. The second-order valence-electron chi connectivity index (χ2n) is 6.02. The number of aryl methyl sites for hydroxylation is 1. The SMILES string of the molecule is CN=C(NCCNC(=O)c1cccc(C)c1)NCc1nnc2ccccn12.I. The van der Waals surface area contributed by atoms with Gasteiger partial charge in [0.15, 0.2) is 17.4 Å². The Morgan fingerprint density at radius 2 is 1.89 bits per heavy atom. The average molecular weight is 493 g/mol. The van der Waals surface area contributed by atoms with Crippen molar-refractivity contribution in [3.05, 3.63) is 65.6 Å². The fourth-order valence-electron chi connectivity index (χ4n) is 2.64. The maximum atomic E-state index is 12.1.